The van der Waals surface area contributed by atoms with Gasteiger partial charge in [-0.15, -0.1) is 0 Å². The fourth-order valence-corrected chi connectivity index (χ4v) is 1.95. The van der Waals surface area contributed by atoms with Gasteiger partial charge in [0.05, 0.1) is 4.92 Å². The van der Waals surface area contributed by atoms with E-state index in [0.717, 1.165) is 11.3 Å². The summed E-state index contributed by atoms with van der Waals surface area (Å²) in [6.07, 6.45) is 0. The maximum absolute atomic E-state index is 10.7. The number of anilines is 1. The smallest absolute Gasteiger partial charge is 0.269 e. The lowest BCUT2D eigenvalue weighted by molar-refractivity contribution is -0.384. The van der Waals surface area contributed by atoms with Crippen molar-refractivity contribution in [3.05, 3.63) is 33.9 Å². The van der Waals surface area contributed by atoms with Crippen LogP contribution in [0.15, 0.2) is 18.2 Å². The highest BCUT2D eigenvalue weighted by Gasteiger charge is 2.37. The first-order valence-electron chi connectivity index (χ1n) is 4.98. The Labute approximate surface area is 88.5 Å². The van der Waals surface area contributed by atoms with Gasteiger partial charge in [-0.2, -0.15) is 0 Å². The number of nitrogens with one attached hydrogen (secondary N) is 1. The van der Waals surface area contributed by atoms with Gasteiger partial charge in [0.15, 0.2) is 0 Å². The van der Waals surface area contributed by atoms with E-state index in [2.05, 4.69) is 26.1 Å². The molecule has 1 atom stereocenters. The predicted octanol–water partition coefficient (Wildman–Crippen LogP) is 2.69. The molecule has 80 valence electrons. The van der Waals surface area contributed by atoms with Gasteiger partial charge in [-0.05, 0) is 18.6 Å². The Morgan fingerprint density at radius 1 is 1.47 bits per heavy atom. The second kappa shape index (κ2) is 2.95. The fourth-order valence-electron chi connectivity index (χ4n) is 1.95. The van der Waals surface area contributed by atoms with Crippen LogP contribution in [-0.2, 0) is 5.41 Å². The Hall–Kier alpha value is -1.58. The number of rotatable bonds is 1. The van der Waals surface area contributed by atoms with Gasteiger partial charge in [0, 0.05) is 29.3 Å². The van der Waals surface area contributed by atoms with Gasteiger partial charge in [0.25, 0.3) is 5.69 Å². The van der Waals surface area contributed by atoms with Gasteiger partial charge in [-0.3, -0.25) is 10.1 Å². The van der Waals surface area contributed by atoms with Gasteiger partial charge >= 0.3 is 0 Å². The van der Waals surface area contributed by atoms with E-state index in [-0.39, 0.29) is 16.0 Å². The molecule has 4 nitrogen and oxygen atoms in total. The highest BCUT2D eigenvalue weighted by Crippen LogP contribution is 2.41. The molecule has 0 saturated heterocycles. The van der Waals surface area contributed by atoms with Crippen LogP contribution in [0.3, 0.4) is 0 Å². The SMILES string of the molecule is C[C@H]1Nc2ccc([N+](=O)[O-])cc2C1(C)C. The number of hydrogen-bond donors (Lipinski definition) is 1. The lowest BCUT2D eigenvalue weighted by Crippen LogP contribution is -2.29. The number of benzene rings is 1. The van der Waals surface area contributed by atoms with Crippen molar-refractivity contribution >= 4 is 11.4 Å². The zero-order valence-electron chi connectivity index (χ0n) is 9.07. The van der Waals surface area contributed by atoms with E-state index in [0.29, 0.717) is 6.04 Å². The molecule has 0 radical (unpaired) electrons. The van der Waals surface area contributed by atoms with E-state index in [1.165, 1.54) is 0 Å². The van der Waals surface area contributed by atoms with E-state index in [9.17, 15) is 10.1 Å². The van der Waals surface area contributed by atoms with Crippen LogP contribution in [0.25, 0.3) is 0 Å². The third kappa shape index (κ3) is 1.37. The number of fused-ring (bicyclic) bond motifs is 1. The van der Waals surface area contributed by atoms with Crippen LogP contribution in [-0.4, -0.2) is 11.0 Å². The average Bonchev–Trinajstić information content (AvgIpc) is 2.38. The Morgan fingerprint density at radius 2 is 2.13 bits per heavy atom. The number of non-ortho nitro benzene ring substituents is 1. The third-order valence-electron chi connectivity index (χ3n) is 3.36. The van der Waals surface area contributed by atoms with Crippen LogP contribution in [0.1, 0.15) is 26.3 Å². The second-order valence-electron chi connectivity index (χ2n) is 4.57. The summed E-state index contributed by atoms with van der Waals surface area (Å²) in [5.41, 5.74) is 2.15. The molecular weight excluding hydrogens is 192 g/mol. The van der Waals surface area contributed by atoms with Gasteiger partial charge in [0.2, 0.25) is 0 Å². The van der Waals surface area contributed by atoms with Crippen LogP contribution in [0.4, 0.5) is 11.4 Å². The van der Waals surface area contributed by atoms with E-state index in [4.69, 9.17) is 0 Å². The minimum atomic E-state index is -0.348. The second-order valence-corrected chi connectivity index (χ2v) is 4.57. The molecule has 0 aromatic heterocycles. The maximum atomic E-state index is 10.7. The average molecular weight is 206 g/mol. The van der Waals surface area contributed by atoms with Gasteiger partial charge in [0.1, 0.15) is 0 Å². The Bertz CT molecular complexity index is 427. The molecule has 0 saturated carbocycles. The quantitative estimate of drug-likeness (QED) is 0.567. The zero-order valence-corrected chi connectivity index (χ0v) is 9.07. The first-order valence-corrected chi connectivity index (χ1v) is 4.98. The van der Waals surface area contributed by atoms with E-state index >= 15 is 0 Å². The van der Waals surface area contributed by atoms with Crippen LogP contribution in [0, 0.1) is 10.1 Å². The van der Waals surface area contributed by atoms with Crippen molar-refractivity contribution < 1.29 is 4.92 Å². The fraction of sp³-hybridized carbons (Fsp3) is 0.455. The molecule has 4 heteroatoms. The van der Waals surface area contributed by atoms with Crippen molar-refractivity contribution in [2.45, 2.75) is 32.2 Å². The topological polar surface area (TPSA) is 55.2 Å². The molecule has 1 aromatic rings. The molecule has 0 amide bonds. The molecule has 0 unspecified atom stereocenters. The molecule has 1 aliphatic rings. The van der Waals surface area contributed by atoms with Gasteiger partial charge in [-0.25, -0.2) is 0 Å². The van der Waals surface area contributed by atoms with Crippen molar-refractivity contribution in [3.63, 3.8) is 0 Å². The minimum Gasteiger partial charge on any atom is -0.381 e. The summed E-state index contributed by atoms with van der Waals surface area (Å²) in [4.78, 5) is 10.3. The molecule has 0 aliphatic carbocycles. The normalized spacial score (nSPS) is 21.9. The molecular formula is C11H14N2O2. The lowest BCUT2D eigenvalue weighted by Gasteiger charge is -2.23. The standard InChI is InChI=1S/C11H14N2O2/c1-7-11(2,3)9-6-8(13(14)15)4-5-10(9)12-7/h4-7,12H,1-3H3/t7-/m1/s1. The van der Waals surface area contributed by atoms with Crippen molar-refractivity contribution in [1.29, 1.82) is 0 Å². The van der Waals surface area contributed by atoms with E-state index < -0.39 is 0 Å². The zero-order chi connectivity index (χ0) is 11.2. The van der Waals surface area contributed by atoms with Crippen LogP contribution < -0.4 is 5.32 Å². The first-order chi connectivity index (χ1) is 6.93. The Morgan fingerprint density at radius 3 is 2.73 bits per heavy atom. The maximum Gasteiger partial charge on any atom is 0.269 e. The van der Waals surface area contributed by atoms with Crippen molar-refractivity contribution in [2.75, 3.05) is 5.32 Å². The predicted molar refractivity (Wildman–Crippen MR) is 59.2 cm³/mol. The molecule has 1 N–H and O–H groups in total. The molecule has 1 heterocycles. The molecule has 0 bridgehead atoms. The third-order valence-corrected chi connectivity index (χ3v) is 3.36. The Kier molecular flexibility index (Phi) is 1.96. The van der Waals surface area contributed by atoms with Crippen LogP contribution in [0.2, 0.25) is 0 Å². The number of hydrogen-bond acceptors (Lipinski definition) is 3. The molecule has 1 aliphatic heterocycles. The summed E-state index contributed by atoms with van der Waals surface area (Å²) in [5.74, 6) is 0. The largest absolute Gasteiger partial charge is 0.381 e. The van der Waals surface area contributed by atoms with Crippen molar-refractivity contribution in [1.82, 2.24) is 0 Å². The molecule has 0 fully saturated rings. The summed E-state index contributed by atoms with van der Waals surface area (Å²) in [5, 5.41) is 14.0. The van der Waals surface area contributed by atoms with Crippen LogP contribution >= 0.6 is 0 Å². The number of nitro groups is 1. The molecule has 0 spiro atoms. The summed E-state index contributed by atoms with van der Waals surface area (Å²) in [6, 6.07) is 5.30. The van der Waals surface area contributed by atoms with Crippen molar-refractivity contribution in [3.8, 4) is 0 Å². The van der Waals surface area contributed by atoms with Gasteiger partial charge < -0.3 is 5.32 Å². The Balaban J connectivity index is 2.55. The van der Waals surface area contributed by atoms with E-state index in [1.54, 1.807) is 18.2 Å². The summed E-state index contributed by atoms with van der Waals surface area (Å²) in [6.45, 7) is 6.28. The van der Waals surface area contributed by atoms with E-state index in [1.807, 2.05) is 0 Å². The number of nitrogens with zero attached hydrogens (tertiary/aromatic N) is 1. The molecule has 15 heavy (non-hydrogen) atoms. The monoisotopic (exact) mass is 206 g/mol. The van der Waals surface area contributed by atoms with Crippen molar-refractivity contribution in [2.24, 2.45) is 0 Å². The summed E-state index contributed by atoms with van der Waals surface area (Å²) < 4.78 is 0. The van der Waals surface area contributed by atoms with Crippen LogP contribution in [0.5, 0.6) is 0 Å². The first kappa shape index (κ1) is 9.96. The highest BCUT2D eigenvalue weighted by molar-refractivity contribution is 5.64. The minimum absolute atomic E-state index is 0.0542. The summed E-state index contributed by atoms with van der Waals surface area (Å²) >= 11 is 0. The lowest BCUT2D eigenvalue weighted by atomic mass is 9.81. The molecule has 1 aromatic carbocycles. The summed E-state index contributed by atoms with van der Waals surface area (Å²) in [7, 11) is 0. The van der Waals surface area contributed by atoms with Gasteiger partial charge in [-0.1, -0.05) is 13.8 Å². The highest BCUT2D eigenvalue weighted by atomic mass is 16.6. The molecule has 2 rings (SSSR count). The number of nitro benzene ring substituents is 1.